The van der Waals surface area contributed by atoms with Gasteiger partial charge in [-0.05, 0) is 18.9 Å². The molecule has 3 N–H and O–H groups in total. The number of carbonyl (C=O) groups is 2. The molecule has 0 aromatic carbocycles. The Morgan fingerprint density at radius 1 is 1.32 bits per heavy atom. The van der Waals surface area contributed by atoms with Crippen molar-refractivity contribution in [3.63, 3.8) is 0 Å². The minimum atomic E-state index is -1.26. The highest BCUT2D eigenvalue weighted by molar-refractivity contribution is 6.02. The summed E-state index contributed by atoms with van der Waals surface area (Å²) in [6, 6.07) is 1.61. The van der Waals surface area contributed by atoms with Gasteiger partial charge in [-0.25, -0.2) is 0 Å². The third-order valence-corrected chi connectivity index (χ3v) is 4.17. The number of hydrogen-bond donors (Lipinski definition) is 3. The number of carboxylic acids is 1. The fraction of sp³-hybridized carbons (Fsp3) is 0.312. The smallest absolute Gasteiger partial charge is 0.322 e. The van der Waals surface area contributed by atoms with Crippen molar-refractivity contribution in [1.82, 2.24) is 20.1 Å². The molecule has 1 aliphatic rings. The van der Waals surface area contributed by atoms with E-state index in [4.69, 9.17) is 5.11 Å². The number of allylic oxidation sites excluding steroid dienone is 2. The van der Waals surface area contributed by atoms with Crippen LogP contribution in [0.2, 0.25) is 0 Å². The third kappa shape index (κ3) is 2.95. The molecule has 0 radical (unpaired) electrons. The van der Waals surface area contributed by atoms with Gasteiger partial charge in [0.05, 0.1) is 11.1 Å². The number of aromatic nitrogens is 3. The Bertz CT molecular complexity index is 955. The first-order valence-corrected chi connectivity index (χ1v) is 7.64. The number of carboxylic acid groups (broad SMARTS) is 1. The summed E-state index contributed by atoms with van der Waals surface area (Å²) in [5, 5.41) is 29.6. The SMILES string of the molecule is Cn1c(=O)c(C(=O)NCC(=O)O)c(O)c2cc(C3CC=CC3)nnc21. The van der Waals surface area contributed by atoms with Crippen LogP contribution in [0.1, 0.15) is 34.8 Å². The Morgan fingerprint density at radius 3 is 2.64 bits per heavy atom. The van der Waals surface area contributed by atoms with Gasteiger partial charge in [0.2, 0.25) is 0 Å². The second kappa shape index (κ2) is 6.34. The first kappa shape index (κ1) is 16.6. The maximum atomic E-state index is 12.3. The molecule has 1 amide bonds. The van der Waals surface area contributed by atoms with Crippen molar-refractivity contribution in [3.8, 4) is 5.75 Å². The third-order valence-electron chi connectivity index (χ3n) is 4.17. The van der Waals surface area contributed by atoms with E-state index in [0.717, 1.165) is 17.4 Å². The van der Waals surface area contributed by atoms with Crippen molar-refractivity contribution in [2.45, 2.75) is 18.8 Å². The quantitative estimate of drug-likeness (QED) is 0.678. The summed E-state index contributed by atoms with van der Waals surface area (Å²) in [7, 11) is 1.41. The molecule has 3 rings (SSSR count). The number of nitrogens with zero attached hydrogens (tertiary/aromatic N) is 3. The summed E-state index contributed by atoms with van der Waals surface area (Å²) in [5.41, 5.74) is -0.493. The summed E-state index contributed by atoms with van der Waals surface area (Å²) < 4.78 is 1.11. The second-order valence-corrected chi connectivity index (χ2v) is 5.81. The minimum absolute atomic E-state index is 0.137. The minimum Gasteiger partial charge on any atom is -0.506 e. The zero-order valence-corrected chi connectivity index (χ0v) is 13.4. The lowest BCUT2D eigenvalue weighted by Gasteiger charge is -2.13. The molecule has 2 aromatic heterocycles. The van der Waals surface area contributed by atoms with E-state index < -0.39 is 35.3 Å². The molecule has 130 valence electrons. The molecule has 0 fully saturated rings. The van der Waals surface area contributed by atoms with Gasteiger partial charge in [-0.2, -0.15) is 5.10 Å². The molecule has 25 heavy (non-hydrogen) atoms. The first-order valence-electron chi connectivity index (χ1n) is 7.64. The van der Waals surface area contributed by atoms with Gasteiger partial charge in [0.25, 0.3) is 11.5 Å². The van der Waals surface area contributed by atoms with Crippen LogP contribution in [0.3, 0.4) is 0 Å². The lowest BCUT2D eigenvalue weighted by atomic mass is 10.0. The molecule has 2 aromatic rings. The van der Waals surface area contributed by atoms with Crippen LogP contribution in [0, 0.1) is 0 Å². The summed E-state index contributed by atoms with van der Waals surface area (Å²) in [6.45, 7) is -0.660. The Labute approximate surface area is 141 Å². The van der Waals surface area contributed by atoms with Crippen molar-refractivity contribution in [3.05, 3.63) is 39.8 Å². The van der Waals surface area contributed by atoms with Gasteiger partial charge in [-0.1, -0.05) is 12.2 Å². The van der Waals surface area contributed by atoms with Crippen LogP contribution in [0.5, 0.6) is 5.75 Å². The number of fused-ring (bicyclic) bond motifs is 1. The van der Waals surface area contributed by atoms with Gasteiger partial charge >= 0.3 is 5.97 Å². The van der Waals surface area contributed by atoms with Crippen molar-refractivity contribution in [2.24, 2.45) is 7.05 Å². The summed E-state index contributed by atoms with van der Waals surface area (Å²) >= 11 is 0. The maximum Gasteiger partial charge on any atom is 0.322 e. The molecular weight excluding hydrogens is 328 g/mol. The lowest BCUT2D eigenvalue weighted by molar-refractivity contribution is -0.135. The number of carbonyl (C=O) groups excluding carboxylic acids is 1. The number of aromatic hydroxyl groups is 1. The van der Waals surface area contributed by atoms with Crippen LogP contribution in [-0.4, -0.2) is 43.4 Å². The Kier molecular flexibility index (Phi) is 4.22. The monoisotopic (exact) mass is 344 g/mol. The highest BCUT2D eigenvalue weighted by Crippen LogP contribution is 2.31. The van der Waals surface area contributed by atoms with Crippen LogP contribution < -0.4 is 10.9 Å². The molecule has 0 unspecified atom stereocenters. The van der Waals surface area contributed by atoms with E-state index >= 15 is 0 Å². The summed E-state index contributed by atoms with van der Waals surface area (Å²) in [4.78, 5) is 35.1. The Balaban J connectivity index is 2.12. The molecule has 0 atom stereocenters. The van der Waals surface area contributed by atoms with E-state index in [2.05, 4.69) is 15.5 Å². The lowest BCUT2D eigenvalue weighted by Crippen LogP contribution is -2.35. The average Bonchev–Trinajstić information content (AvgIpc) is 3.12. The van der Waals surface area contributed by atoms with Crippen LogP contribution >= 0.6 is 0 Å². The van der Waals surface area contributed by atoms with Crippen LogP contribution in [-0.2, 0) is 11.8 Å². The Morgan fingerprint density at radius 2 is 2.00 bits per heavy atom. The average molecular weight is 344 g/mol. The zero-order valence-electron chi connectivity index (χ0n) is 13.4. The van der Waals surface area contributed by atoms with E-state index in [0.29, 0.717) is 5.69 Å². The van der Waals surface area contributed by atoms with Gasteiger partial charge in [0.15, 0.2) is 5.65 Å². The highest BCUT2D eigenvalue weighted by atomic mass is 16.4. The molecule has 0 bridgehead atoms. The molecule has 0 saturated carbocycles. The zero-order chi connectivity index (χ0) is 18.1. The predicted molar refractivity (Wildman–Crippen MR) is 87.5 cm³/mol. The number of aryl methyl sites for hydroxylation is 1. The van der Waals surface area contributed by atoms with Crippen LogP contribution in [0.25, 0.3) is 11.0 Å². The van der Waals surface area contributed by atoms with Gasteiger partial charge in [0, 0.05) is 13.0 Å². The standard InChI is InChI=1S/C16H16N4O5/c1-20-14-9(6-10(18-19-14)8-4-2-3-5-8)13(23)12(16(20)25)15(24)17-7-11(21)22/h2-3,6,8,23H,4-5,7H2,1H3,(H,17,24)(H,21,22). The van der Waals surface area contributed by atoms with E-state index in [-0.39, 0.29) is 17.0 Å². The Hall–Kier alpha value is -3.23. The first-order chi connectivity index (χ1) is 11.9. The topological polar surface area (TPSA) is 134 Å². The molecule has 0 saturated heterocycles. The molecule has 0 aliphatic heterocycles. The van der Waals surface area contributed by atoms with E-state index in [1.807, 2.05) is 12.2 Å². The van der Waals surface area contributed by atoms with E-state index in [1.165, 1.54) is 7.05 Å². The van der Waals surface area contributed by atoms with Crippen LogP contribution in [0.4, 0.5) is 0 Å². The predicted octanol–water partition coefficient (Wildman–Crippen LogP) is 0.282. The normalized spacial score (nSPS) is 14.1. The molecule has 9 heteroatoms. The van der Waals surface area contributed by atoms with Crippen molar-refractivity contribution in [2.75, 3.05) is 6.54 Å². The van der Waals surface area contributed by atoms with Gasteiger partial charge in [-0.3, -0.25) is 19.0 Å². The second-order valence-electron chi connectivity index (χ2n) is 5.81. The molecule has 2 heterocycles. The number of nitrogens with one attached hydrogen (secondary N) is 1. The number of hydrogen-bond acceptors (Lipinski definition) is 6. The van der Waals surface area contributed by atoms with E-state index in [1.54, 1.807) is 6.07 Å². The van der Waals surface area contributed by atoms with Crippen molar-refractivity contribution in [1.29, 1.82) is 0 Å². The van der Waals surface area contributed by atoms with Gasteiger partial charge in [0.1, 0.15) is 17.9 Å². The molecule has 9 nitrogen and oxygen atoms in total. The summed E-state index contributed by atoms with van der Waals surface area (Å²) in [6.07, 6.45) is 5.67. The highest BCUT2D eigenvalue weighted by Gasteiger charge is 2.24. The maximum absolute atomic E-state index is 12.3. The van der Waals surface area contributed by atoms with E-state index in [9.17, 15) is 19.5 Å². The number of pyridine rings is 1. The molecular formula is C16H16N4O5. The fourth-order valence-electron chi connectivity index (χ4n) is 2.83. The van der Waals surface area contributed by atoms with Gasteiger partial charge in [-0.15, -0.1) is 5.10 Å². The number of aliphatic carboxylic acids is 1. The molecule has 0 spiro atoms. The van der Waals surface area contributed by atoms with Crippen LogP contribution in [0.15, 0.2) is 23.0 Å². The number of rotatable bonds is 4. The van der Waals surface area contributed by atoms with Crippen molar-refractivity contribution < 1.29 is 19.8 Å². The molecule has 1 aliphatic carbocycles. The van der Waals surface area contributed by atoms with Crippen molar-refractivity contribution >= 4 is 22.9 Å². The van der Waals surface area contributed by atoms with Gasteiger partial charge < -0.3 is 15.5 Å². The largest absolute Gasteiger partial charge is 0.506 e. The summed E-state index contributed by atoms with van der Waals surface area (Å²) in [5.74, 6) is -2.60. The number of amides is 1. The fourth-order valence-corrected chi connectivity index (χ4v) is 2.83.